The molecule has 21 heavy (non-hydrogen) atoms. The highest BCUT2D eigenvalue weighted by molar-refractivity contribution is 5.67. The Morgan fingerprint density at radius 2 is 1.86 bits per heavy atom. The number of para-hydroxylation sites is 1. The van der Waals surface area contributed by atoms with Gasteiger partial charge in [0, 0.05) is 31.5 Å². The molecule has 0 atom stereocenters. The molecule has 0 unspecified atom stereocenters. The largest absolute Gasteiger partial charge is 0.378 e. The Kier molecular flexibility index (Phi) is 3.20. The van der Waals surface area contributed by atoms with Crippen molar-refractivity contribution in [3.05, 3.63) is 42.1 Å². The van der Waals surface area contributed by atoms with Crippen molar-refractivity contribution in [3.8, 4) is 0 Å². The van der Waals surface area contributed by atoms with Gasteiger partial charge < -0.3 is 14.5 Å². The number of fused-ring (bicyclic) bond motifs is 1. The van der Waals surface area contributed by atoms with Crippen LogP contribution in [-0.4, -0.2) is 42.8 Å². The summed E-state index contributed by atoms with van der Waals surface area (Å²) in [6.45, 7) is 4.21. The van der Waals surface area contributed by atoms with Gasteiger partial charge in [-0.05, 0) is 24.1 Å². The lowest BCUT2D eigenvalue weighted by Gasteiger charge is -2.27. The van der Waals surface area contributed by atoms with Crippen molar-refractivity contribution in [1.82, 2.24) is 9.97 Å². The van der Waals surface area contributed by atoms with E-state index in [2.05, 4.69) is 39.0 Å². The molecule has 1 aromatic heterocycles. The number of nitrogens with zero attached hydrogens (tertiary/aromatic N) is 4. The molecule has 108 valence electrons. The fourth-order valence-corrected chi connectivity index (χ4v) is 2.98. The highest BCUT2D eigenvalue weighted by atomic mass is 16.5. The molecule has 5 heteroatoms. The molecule has 0 spiro atoms. The lowest BCUT2D eigenvalue weighted by molar-refractivity contribution is 0.122. The Balaban J connectivity index is 1.64. The van der Waals surface area contributed by atoms with Gasteiger partial charge >= 0.3 is 0 Å². The third-order valence-corrected chi connectivity index (χ3v) is 4.09. The maximum atomic E-state index is 5.39. The molecule has 0 saturated carbocycles. The molecule has 2 aromatic rings. The quantitative estimate of drug-likeness (QED) is 0.843. The van der Waals surface area contributed by atoms with Crippen LogP contribution in [0.4, 0.5) is 17.5 Å². The number of hydrogen-bond donors (Lipinski definition) is 0. The molecule has 0 bridgehead atoms. The number of rotatable bonds is 2. The minimum absolute atomic E-state index is 0.750. The number of ether oxygens (including phenoxy) is 1. The summed E-state index contributed by atoms with van der Waals surface area (Å²) < 4.78 is 5.39. The van der Waals surface area contributed by atoms with E-state index < -0.39 is 0 Å². The second-order valence-electron chi connectivity index (χ2n) is 5.34. The van der Waals surface area contributed by atoms with Crippen LogP contribution in [0.25, 0.3) is 0 Å². The summed E-state index contributed by atoms with van der Waals surface area (Å²) >= 11 is 0. The van der Waals surface area contributed by atoms with Gasteiger partial charge in [-0.1, -0.05) is 18.2 Å². The summed E-state index contributed by atoms with van der Waals surface area (Å²) in [4.78, 5) is 13.7. The minimum Gasteiger partial charge on any atom is -0.378 e. The van der Waals surface area contributed by atoms with E-state index in [1.54, 1.807) is 0 Å². The topological polar surface area (TPSA) is 41.5 Å². The van der Waals surface area contributed by atoms with E-state index in [4.69, 9.17) is 9.72 Å². The zero-order valence-corrected chi connectivity index (χ0v) is 11.9. The van der Waals surface area contributed by atoms with E-state index >= 15 is 0 Å². The molecule has 0 aliphatic carbocycles. The number of anilines is 3. The molecule has 1 aromatic carbocycles. The number of benzene rings is 1. The van der Waals surface area contributed by atoms with Crippen molar-refractivity contribution < 1.29 is 4.74 Å². The second kappa shape index (κ2) is 5.33. The van der Waals surface area contributed by atoms with Gasteiger partial charge in [0.25, 0.3) is 0 Å². The zero-order chi connectivity index (χ0) is 14.1. The van der Waals surface area contributed by atoms with Gasteiger partial charge in [-0.3, -0.25) is 0 Å². The molecule has 5 nitrogen and oxygen atoms in total. The summed E-state index contributed by atoms with van der Waals surface area (Å²) in [5.41, 5.74) is 2.66. The average Bonchev–Trinajstić information content (AvgIpc) is 3.00. The summed E-state index contributed by atoms with van der Waals surface area (Å²) in [6, 6.07) is 10.5. The van der Waals surface area contributed by atoms with E-state index in [0.717, 1.165) is 51.0 Å². The summed E-state index contributed by atoms with van der Waals surface area (Å²) in [6.07, 6.45) is 2.93. The molecular weight excluding hydrogens is 264 g/mol. The highest BCUT2D eigenvalue weighted by Crippen LogP contribution is 2.33. The van der Waals surface area contributed by atoms with Crippen molar-refractivity contribution in [2.45, 2.75) is 6.42 Å². The smallest absolute Gasteiger partial charge is 0.227 e. The molecule has 0 amide bonds. The van der Waals surface area contributed by atoms with Crippen molar-refractivity contribution in [2.75, 3.05) is 42.6 Å². The van der Waals surface area contributed by atoms with E-state index in [1.165, 1.54) is 11.3 Å². The van der Waals surface area contributed by atoms with Crippen LogP contribution in [0.5, 0.6) is 0 Å². The Morgan fingerprint density at radius 1 is 1.00 bits per heavy atom. The molecular formula is C16H18N4O. The van der Waals surface area contributed by atoms with Gasteiger partial charge in [-0.25, -0.2) is 4.98 Å². The normalized spacial score (nSPS) is 17.9. The SMILES string of the molecule is c1ccc2c(c1)CCN2c1ccnc(N2CCOCC2)n1. The number of morpholine rings is 1. The molecule has 1 saturated heterocycles. The lowest BCUT2D eigenvalue weighted by Crippen LogP contribution is -2.37. The van der Waals surface area contributed by atoms with Gasteiger partial charge in [0.05, 0.1) is 13.2 Å². The van der Waals surface area contributed by atoms with Crippen LogP contribution in [0, 0.1) is 0 Å². The van der Waals surface area contributed by atoms with Crippen molar-refractivity contribution in [2.24, 2.45) is 0 Å². The third-order valence-electron chi connectivity index (χ3n) is 4.09. The Labute approximate surface area is 124 Å². The van der Waals surface area contributed by atoms with Crippen LogP contribution in [0.1, 0.15) is 5.56 Å². The van der Waals surface area contributed by atoms with E-state index in [0.29, 0.717) is 0 Å². The van der Waals surface area contributed by atoms with Crippen molar-refractivity contribution >= 4 is 17.5 Å². The summed E-state index contributed by atoms with van der Waals surface area (Å²) in [5.74, 6) is 1.79. The molecule has 2 aliphatic heterocycles. The maximum absolute atomic E-state index is 5.39. The van der Waals surface area contributed by atoms with Gasteiger partial charge in [-0.2, -0.15) is 4.98 Å². The van der Waals surface area contributed by atoms with Crippen molar-refractivity contribution in [3.63, 3.8) is 0 Å². The molecule has 4 rings (SSSR count). The predicted octanol–water partition coefficient (Wildman–Crippen LogP) is 2.01. The molecule has 0 radical (unpaired) electrons. The Bertz CT molecular complexity index is 640. The summed E-state index contributed by atoms with van der Waals surface area (Å²) in [5, 5.41) is 0. The first kappa shape index (κ1) is 12.6. The average molecular weight is 282 g/mol. The fourth-order valence-electron chi connectivity index (χ4n) is 2.98. The zero-order valence-electron chi connectivity index (χ0n) is 11.9. The van der Waals surface area contributed by atoms with E-state index in [-0.39, 0.29) is 0 Å². The summed E-state index contributed by atoms with van der Waals surface area (Å²) in [7, 11) is 0. The predicted molar refractivity (Wildman–Crippen MR) is 82.2 cm³/mol. The first-order valence-corrected chi connectivity index (χ1v) is 7.43. The first-order chi connectivity index (χ1) is 10.4. The van der Waals surface area contributed by atoms with Crippen LogP contribution in [-0.2, 0) is 11.2 Å². The standard InChI is InChI=1S/C16H18N4O/c1-2-4-14-13(3-1)6-8-20(14)15-5-7-17-16(18-15)19-9-11-21-12-10-19/h1-5,7H,6,8-12H2. The van der Waals surface area contributed by atoms with Crippen LogP contribution in [0.2, 0.25) is 0 Å². The van der Waals surface area contributed by atoms with E-state index in [9.17, 15) is 0 Å². The number of aromatic nitrogens is 2. The molecule has 1 fully saturated rings. The molecule has 0 N–H and O–H groups in total. The Hall–Kier alpha value is -2.14. The number of hydrogen-bond acceptors (Lipinski definition) is 5. The first-order valence-electron chi connectivity index (χ1n) is 7.43. The van der Waals surface area contributed by atoms with Gasteiger partial charge in [0.15, 0.2) is 0 Å². The van der Waals surface area contributed by atoms with Gasteiger partial charge in [-0.15, -0.1) is 0 Å². The van der Waals surface area contributed by atoms with Gasteiger partial charge in [0.1, 0.15) is 5.82 Å². The Morgan fingerprint density at radius 3 is 2.76 bits per heavy atom. The van der Waals surface area contributed by atoms with Gasteiger partial charge in [0.2, 0.25) is 5.95 Å². The van der Waals surface area contributed by atoms with Crippen LogP contribution in [0.15, 0.2) is 36.5 Å². The van der Waals surface area contributed by atoms with E-state index in [1.807, 2.05) is 12.3 Å². The minimum atomic E-state index is 0.750. The van der Waals surface area contributed by atoms with Crippen LogP contribution >= 0.6 is 0 Å². The molecule has 3 heterocycles. The lowest BCUT2D eigenvalue weighted by atomic mass is 10.2. The monoisotopic (exact) mass is 282 g/mol. The maximum Gasteiger partial charge on any atom is 0.227 e. The van der Waals surface area contributed by atoms with Crippen LogP contribution in [0.3, 0.4) is 0 Å². The van der Waals surface area contributed by atoms with Crippen LogP contribution < -0.4 is 9.80 Å². The fraction of sp³-hybridized carbons (Fsp3) is 0.375. The second-order valence-corrected chi connectivity index (χ2v) is 5.34. The van der Waals surface area contributed by atoms with Crippen molar-refractivity contribution in [1.29, 1.82) is 0 Å². The highest BCUT2D eigenvalue weighted by Gasteiger charge is 2.22. The molecule has 2 aliphatic rings. The third kappa shape index (κ3) is 2.34.